The van der Waals surface area contributed by atoms with Gasteiger partial charge in [0.2, 0.25) is 0 Å². The van der Waals surface area contributed by atoms with Crippen molar-refractivity contribution < 1.29 is 5.11 Å². The van der Waals surface area contributed by atoms with E-state index in [4.69, 9.17) is 0 Å². The van der Waals surface area contributed by atoms with Crippen molar-refractivity contribution in [3.63, 3.8) is 0 Å². The Morgan fingerprint density at radius 2 is 2.07 bits per heavy atom. The highest BCUT2D eigenvalue weighted by Crippen LogP contribution is 2.33. The summed E-state index contributed by atoms with van der Waals surface area (Å²) in [6, 6.07) is 5.81. The first-order chi connectivity index (χ1) is 6.95. The lowest BCUT2D eigenvalue weighted by Gasteiger charge is -2.20. The van der Waals surface area contributed by atoms with E-state index in [2.05, 4.69) is 33.4 Å². The molecule has 0 spiro atoms. The minimum atomic E-state index is 0.122. The fourth-order valence-corrected chi connectivity index (χ4v) is 1.97. The number of benzene rings is 1. The van der Waals surface area contributed by atoms with E-state index in [1.807, 2.05) is 12.1 Å². The third-order valence-corrected chi connectivity index (χ3v) is 3.22. The Balaban J connectivity index is 3.00. The van der Waals surface area contributed by atoms with E-state index in [0.717, 1.165) is 10.6 Å². The minimum absolute atomic E-state index is 0.122. The van der Waals surface area contributed by atoms with Crippen LogP contribution in [-0.2, 0) is 5.41 Å². The molecule has 0 aliphatic heterocycles. The van der Waals surface area contributed by atoms with Gasteiger partial charge < -0.3 is 5.11 Å². The molecule has 1 aromatic rings. The molecule has 0 bridgehead atoms. The Labute approximate surface area is 96.2 Å². The zero-order valence-electron chi connectivity index (χ0n) is 9.58. The molecule has 0 aromatic heterocycles. The molecule has 0 atom stereocenters. The zero-order chi connectivity index (χ0) is 11.5. The number of hydrogen-bond acceptors (Lipinski definition) is 2. The molecule has 1 rings (SSSR count). The summed E-state index contributed by atoms with van der Waals surface area (Å²) in [5.74, 6) is 1.18. The molecule has 0 radical (unpaired) electrons. The van der Waals surface area contributed by atoms with E-state index >= 15 is 0 Å². The highest BCUT2D eigenvalue weighted by atomic mass is 32.2. The van der Waals surface area contributed by atoms with Crippen LogP contribution in [0.15, 0.2) is 35.7 Å². The van der Waals surface area contributed by atoms with Crippen LogP contribution in [0.2, 0.25) is 0 Å². The van der Waals surface area contributed by atoms with Gasteiger partial charge in [-0.15, -0.1) is 18.3 Å². The number of phenolic OH excluding ortho intramolecular Hbond substituents is 1. The maximum Gasteiger partial charge on any atom is 0.129 e. The van der Waals surface area contributed by atoms with Crippen LogP contribution in [0.3, 0.4) is 0 Å². The van der Waals surface area contributed by atoms with Crippen LogP contribution in [0.1, 0.15) is 26.3 Å². The second-order valence-electron chi connectivity index (χ2n) is 4.53. The van der Waals surface area contributed by atoms with Crippen molar-refractivity contribution in [2.75, 3.05) is 5.75 Å². The second-order valence-corrected chi connectivity index (χ2v) is 5.59. The van der Waals surface area contributed by atoms with E-state index in [1.165, 1.54) is 5.56 Å². The van der Waals surface area contributed by atoms with Gasteiger partial charge in [-0.3, -0.25) is 0 Å². The first-order valence-electron chi connectivity index (χ1n) is 5.02. The van der Waals surface area contributed by atoms with Gasteiger partial charge in [-0.1, -0.05) is 32.9 Å². The van der Waals surface area contributed by atoms with Crippen molar-refractivity contribution in [3.8, 4) is 5.75 Å². The predicted octanol–water partition coefficient (Wildman–Crippen LogP) is 3.97. The lowest BCUT2D eigenvalue weighted by atomic mass is 9.87. The maximum atomic E-state index is 9.67. The normalized spacial score (nSPS) is 11.4. The lowest BCUT2D eigenvalue weighted by Crippen LogP contribution is -2.10. The van der Waals surface area contributed by atoms with Crippen molar-refractivity contribution in [3.05, 3.63) is 36.4 Å². The highest BCUT2D eigenvalue weighted by Gasteiger charge is 2.15. The molecular formula is C13H18OS. The first kappa shape index (κ1) is 12.2. The Kier molecular flexibility index (Phi) is 3.86. The van der Waals surface area contributed by atoms with Crippen LogP contribution in [0.4, 0.5) is 0 Å². The quantitative estimate of drug-likeness (QED) is 0.617. The predicted molar refractivity (Wildman–Crippen MR) is 67.7 cm³/mol. The molecule has 1 nitrogen and oxygen atoms in total. The van der Waals surface area contributed by atoms with E-state index in [1.54, 1.807) is 17.8 Å². The smallest absolute Gasteiger partial charge is 0.129 e. The Morgan fingerprint density at radius 1 is 1.40 bits per heavy atom. The summed E-state index contributed by atoms with van der Waals surface area (Å²) >= 11 is 1.61. The Hall–Kier alpha value is -0.890. The van der Waals surface area contributed by atoms with Crippen LogP contribution in [0.5, 0.6) is 5.75 Å². The average Bonchev–Trinajstić information content (AvgIpc) is 2.15. The molecule has 1 aromatic carbocycles. The Bertz CT molecular complexity index is 350. The van der Waals surface area contributed by atoms with Gasteiger partial charge in [0.1, 0.15) is 5.75 Å². The lowest BCUT2D eigenvalue weighted by molar-refractivity contribution is 0.460. The second kappa shape index (κ2) is 4.75. The molecule has 0 amide bonds. The largest absolute Gasteiger partial charge is 0.507 e. The molecule has 0 saturated carbocycles. The number of rotatable bonds is 3. The average molecular weight is 222 g/mol. The van der Waals surface area contributed by atoms with Gasteiger partial charge in [0.25, 0.3) is 0 Å². The number of hydrogen-bond donors (Lipinski definition) is 1. The molecule has 15 heavy (non-hydrogen) atoms. The van der Waals surface area contributed by atoms with Gasteiger partial charge in [0.05, 0.1) is 0 Å². The Morgan fingerprint density at radius 3 is 2.60 bits per heavy atom. The molecule has 0 unspecified atom stereocenters. The maximum absolute atomic E-state index is 9.67. The fourth-order valence-electron chi connectivity index (χ4n) is 1.24. The molecule has 82 valence electrons. The van der Waals surface area contributed by atoms with Crippen LogP contribution in [-0.4, -0.2) is 10.9 Å². The van der Waals surface area contributed by atoms with Crippen LogP contribution >= 0.6 is 11.8 Å². The number of aromatic hydroxyl groups is 1. The fraction of sp³-hybridized carbons (Fsp3) is 0.385. The van der Waals surface area contributed by atoms with Crippen LogP contribution < -0.4 is 0 Å². The van der Waals surface area contributed by atoms with Gasteiger partial charge in [0, 0.05) is 10.6 Å². The summed E-state index contributed by atoms with van der Waals surface area (Å²) < 4.78 is 0. The van der Waals surface area contributed by atoms with Crippen molar-refractivity contribution in [2.45, 2.75) is 31.1 Å². The SMILES string of the molecule is C=CCSc1cc(C(C)(C)C)ccc1O. The highest BCUT2D eigenvalue weighted by molar-refractivity contribution is 7.99. The summed E-state index contributed by atoms with van der Waals surface area (Å²) in [5.41, 5.74) is 1.36. The molecular weight excluding hydrogens is 204 g/mol. The van der Waals surface area contributed by atoms with Crippen molar-refractivity contribution in [1.29, 1.82) is 0 Å². The first-order valence-corrected chi connectivity index (χ1v) is 6.01. The van der Waals surface area contributed by atoms with E-state index < -0.39 is 0 Å². The molecule has 2 heteroatoms. The molecule has 0 aliphatic rings. The third kappa shape index (κ3) is 3.31. The van der Waals surface area contributed by atoms with Crippen molar-refractivity contribution in [2.24, 2.45) is 0 Å². The monoisotopic (exact) mass is 222 g/mol. The van der Waals surface area contributed by atoms with Gasteiger partial charge in [0.15, 0.2) is 0 Å². The van der Waals surface area contributed by atoms with Gasteiger partial charge in [-0.05, 0) is 23.1 Å². The number of phenols is 1. The van der Waals surface area contributed by atoms with Crippen LogP contribution in [0.25, 0.3) is 0 Å². The van der Waals surface area contributed by atoms with E-state index in [9.17, 15) is 5.11 Å². The number of thioether (sulfide) groups is 1. The van der Waals surface area contributed by atoms with Gasteiger partial charge in [-0.25, -0.2) is 0 Å². The molecule has 0 saturated heterocycles. The summed E-state index contributed by atoms with van der Waals surface area (Å²) in [6.45, 7) is 10.2. The standard InChI is InChI=1S/C13H18OS/c1-5-8-15-12-9-10(13(2,3)4)6-7-11(12)14/h5-7,9,14H,1,8H2,2-4H3. The van der Waals surface area contributed by atoms with E-state index in [-0.39, 0.29) is 5.41 Å². The minimum Gasteiger partial charge on any atom is -0.507 e. The summed E-state index contributed by atoms with van der Waals surface area (Å²) in [7, 11) is 0. The summed E-state index contributed by atoms with van der Waals surface area (Å²) in [6.07, 6.45) is 1.84. The third-order valence-electron chi connectivity index (χ3n) is 2.18. The van der Waals surface area contributed by atoms with Crippen LogP contribution in [0, 0.1) is 0 Å². The molecule has 0 fully saturated rings. The molecule has 0 aliphatic carbocycles. The topological polar surface area (TPSA) is 20.2 Å². The zero-order valence-corrected chi connectivity index (χ0v) is 10.4. The van der Waals surface area contributed by atoms with Gasteiger partial charge >= 0.3 is 0 Å². The van der Waals surface area contributed by atoms with Crippen molar-refractivity contribution >= 4 is 11.8 Å². The summed E-state index contributed by atoms with van der Waals surface area (Å²) in [5, 5.41) is 9.67. The van der Waals surface area contributed by atoms with E-state index in [0.29, 0.717) is 5.75 Å². The summed E-state index contributed by atoms with van der Waals surface area (Å²) in [4.78, 5) is 0.933. The molecule has 1 N–H and O–H groups in total. The molecule has 0 heterocycles. The van der Waals surface area contributed by atoms with Crippen molar-refractivity contribution in [1.82, 2.24) is 0 Å². The van der Waals surface area contributed by atoms with Gasteiger partial charge in [-0.2, -0.15) is 0 Å².